The minimum absolute atomic E-state index is 0.00977. The zero-order chi connectivity index (χ0) is 42.3. The number of halogens is 3. The third-order valence-corrected chi connectivity index (χ3v) is 11.1. The van der Waals surface area contributed by atoms with Gasteiger partial charge in [-0.15, -0.1) is 0 Å². The van der Waals surface area contributed by atoms with E-state index in [0.717, 1.165) is 28.0 Å². The average Bonchev–Trinajstić information content (AvgIpc) is 3.73. The summed E-state index contributed by atoms with van der Waals surface area (Å²) in [4.78, 5) is 21.8. The van der Waals surface area contributed by atoms with Gasteiger partial charge >= 0.3 is 6.18 Å². The van der Waals surface area contributed by atoms with E-state index < -0.39 is 11.7 Å². The Morgan fingerprint density at radius 1 is 0.483 bits per heavy atom. The zero-order valence-corrected chi connectivity index (χ0v) is 33.8. The molecule has 3 heterocycles. The topological polar surface area (TPSA) is 57.2 Å². The van der Waals surface area contributed by atoms with Crippen LogP contribution in [0.15, 0.2) is 121 Å². The molecule has 0 aliphatic rings. The first kappa shape index (κ1) is 38.2. The summed E-state index contributed by atoms with van der Waals surface area (Å²) in [5.74, 6) is 0.494. The Morgan fingerprint density at radius 2 is 0.950 bits per heavy atom. The van der Waals surface area contributed by atoms with E-state index in [0.29, 0.717) is 49.8 Å². The first-order valence-corrected chi connectivity index (χ1v) is 19.5. The maximum atomic E-state index is 15.6. The van der Waals surface area contributed by atoms with Crippen molar-refractivity contribution in [2.75, 3.05) is 0 Å². The quantitative estimate of drug-likeness (QED) is 0.167. The highest BCUT2D eigenvalue weighted by atomic mass is 19.4. The number of hydrogen-bond donors (Lipinski definition) is 0. The summed E-state index contributed by atoms with van der Waals surface area (Å²) in [6.45, 7) is 28.0. The average molecular weight is 794 g/mol. The van der Waals surface area contributed by atoms with Gasteiger partial charge in [-0.05, 0) is 99.5 Å². The van der Waals surface area contributed by atoms with Crippen molar-refractivity contribution in [3.05, 3.63) is 161 Å². The number of hydrogen-bond acceptors (Lipinski definition) is 3. The van der Waals surface area contributed by atoms with Crippen LogP contribution >= 0.6 is 0 Å². The SMILES string of the molecule is [C-]#[N+]c1ccc2c(c1)c1cc([N+]#[C-])ccc1n2-c1nc(-c2ccccc2)nc(-c2ccc(-n3c4ccc(C(C)(C)C)cc4c4cc(C(C)(C)C)ccc43)c(C(F)(F)F)c2)n1. The third-order valence-electron chi connectivity index (χ3n) is 11.1. The predicted molar refractivity (Wildman–Crippen MR) is 234 cm³/mol. The van der Waals surface area contributed by atoms with Crippen LogP contribution in [-0.4, -0.2) is 24.1 Å². The molecule has 0 N–H and O–H groups in total. The second-order valence-corrected chi connectivity index (χ2v) is 17.1. The fraction of sp³-hybridized carbons (Fsp3) is 0.180. The number of fused-ring (bicyclic) bond motifs is 6. The van der Waals surface area contributed by atoms with Gasteiger partial charge in [0, 0.05) is 21.9 Å². The molecule has 0 saturated carbocycles. The lowest BCUT2D eigenvalue weighted by Crippen LogP contribution is -2.13. The maximum Gasteiger partial charge on any atom is 0.418 e. The molecule has 0 spiro atoms. The fourth-order valence-corrected chi connectivity index (χ4v) is 7.98. The highest BCUT2D eigenvalue weighted by Crippen LogP contribution is 2.43. The Morgan fingerprint density at radius 3 is 1.43 bits per heavy atom. The normalized spacial score (nSPS) is 12.4. The van der Waals surface area contributed by atoms with Crippen LogP contribution in [0.1, 0.15) is 58.2 Å². The van der Waals surface area contributed by atoms with Crippen LogP contribution in [0.4, 0.5) is 24.5 Å². The molecular weight excluding hydrogens is 756 g/mol. The molecule has 0 unspecified atom stereocenters. The number of nitrogens with zero attached hydrogens (tertiary/aromatic N) is 7. The molecule has 0 amide bonds. The largest absolute Gasteiger partial charge is 0.418 e. The first-order valence-electron chi connectivity index (χ1n) is 19.5. The van der Waals surface area contributed by atoms with Crippen molar-refractivity contribution >= 4 is 55.0 Å². The standard InChI is InChI=1S/C50H38F3N7/c1-48(2,3)31-15-20-40-35(25-31)36-26-32(49(4,5)6)16-21-41(36)59(40)44-19-14-30(24-39(44)50(51,52)53)46-56-45(29-12-10-9-11-13-29)57-47(58-46)60-42-22-17-33(54-7)27-37(42)38-28-34(55-8)18-23-43(38)60/h9-28H,1-6H3. The van der Waals surface area contributed by atoms with Crippen LogP contribution in [0.2, 0.25) is 0 Å². The van der Waals surface area contributed by atoms with Gasteiger partial charge in [0.2, 0.25) is 5.95 Å². The second kappa shape index (κ2) is 13.6. The Hall–Kier alpha value is -7.30. The molecule has 60 heavy (non-hydrogen) atoms. The molecule has 0 saturated heterocycles. The minimum atomic E-state index is -4.75. The van der Waals surface area contributed by atoms with Gasteiger partial charge in [-0.3, -0.25) is 4.57 Å². The molecule has 0 fully saturated rings. The van der Waals surface area contributed by atoms with E-state index in [4.69, 9.17) is 28.1 Å². The van der Waals surface area contributed by atoms with Gasteiger partial charge < -0.3 is 4.57 Å². The van der Waals surface area contributed by atoms with Gasteiger partial charge in [0.1, 0.15) is 0 Å². The highest BCUT2D eigenvalue weighted by molar-refractivity contribution is 6.12. The molecule has 0 atom stereocenters. The first-order chi connectivity index (χ1) is 28.5. The number of benzene rings is 6. The van der Waals surface area contributed by atoms with E-state index in [2.05, 4.69) is 63.4 Å². The van der Waals surface area contributed by atoms with Crippen molar-refractivity contribution in [2.45, 2.75) is 58.5 Å². The summed E-state index contributed by atoms with van der Waals surface area (Å²) in [5, 5.41) is 3.19. The summed E-state index contributed by atoms with van der Waals surface area (Å²) >= 11 is 0. The van der Waals surface area contributed by atoms with Crippen LogP contribution in [0.5, 0.6) is 0 Å². The highest BCUT2D eigenvalue weighted by Gasteiger charge is 2.36. The summed E-state index contributed by atoms with van der Waals surface area (Å²) < 4.78 is 50.3. The lowest BCUT2D eigenvalue weighted by Gasteiger charge is -2.20. The summed E-state index contributed by atoms with van der Waals surface area (Å²) in [6.07, 6.45) is -4.75. The van der Waals surface area contributed by atoms with E-state index in [9.17, 15) is 0 Å². The summed E-state index contributed by atoms with van der Waals surface area (Å²) in [6, 6.07) is 36.1. The molecule has 10 heteroatoms. The zero-order valence-electron chi connectivity index (χ0n) is 33.8. The van der Waals surface area contributed by atoms with E-state index >= 15 is 13.2 Å². The molecule has 0 aliphatic heterocycles. The predicted octanol–water partition coefficient (Wildman–Crippen LogP) is 14.1. The van der Waals surface area contributed by atoms with Gasteiger partial charge in [-0.25, -0.2) is 14.7 Å². The van der Waals surface area contributed by atoms with Crippen LogP contribution in [0.3, 0.4) is 0 Å². The number of rotatable bonds is 4. The van der Waals surface area contributed by atoms with Crippen molar-refractivity contribution < 1.29 is 13.2 Å². The molecule has 7 nitrogen and oxygen atoms in total. The monoisotopic (exact) mass is 793 g/mol. The molecule has 9 rings (SSSR count). The minimum Gasteiger partial charge on any atom is -0.309 e. The van der Waals surface area contributed by atoms with Crippen LogP contribution < -0.4 is 0 Å². The van der Waals surface area contributed by atoms with Crippen molar-refractivity contribution in [3.63, 3.8) is 0 Å². The van der Waals surface area contributed by atoms with Gasteiger partial charge in [-0.1, -0.05) is 96.1 Å². The number of alkyl halides is 3. The van der Waals surface area contributed by atoms with Crippen LogP contribution in [0, 0.1) is 13.1 Å². The fourth-order valence-electron chi connectivity index (χ4n) is 7.98. The molecule has 0 bridgehead atoms. The smallest absolute Gasteiger partial charge is 0.309 e. The van der Waals surface area contributed by atoms with E-state index in [1.54, 1.807) is 51.6 Å². The molecule has 294 valence electrons. The van der Waals surface area contributed by atoms with Crippen LogP contribution in [-0.2, 0) is 17.0 Å². The maximum absolute atomic E-state index is 15.6. The molecule has 6 aromatic carbocycles. The lowest BCUT2D eigenvalue weighted by molar-refractivity contribution is -0.137. The van der Waals surface area contributed by atoms with Crippen molar-refractivity contribution in [1.29, 1.82) is 0 Å². The Balaban J connectivity index is 1.30. The summed E-state index contributed by atoms with van der Waals surface area (Å²) in [5.41, 5.74) is 5.29. The summed E-state index contributed by atoms with van der Waals surface area (Å²) in [7, 11) is 0. The van der Waals surface area contributed by atoms with Gasteiger partial charge in [0.25, 0.3) is 0 Å². The van der Waals surface area contributed by atoms with Crippen molar-refractivity contribution in [3.8, 4) is 34.4 Å². The Bertz CT molecular complexity index is 3150. The Kier molecular flexibility index (Phi) is 8.69. The third kappa shape index (κ3) is 6.42. The van der Waals surface area contributed by atoms with Gasteiger partial charge in [0.05, 0.1) is 46.5 Å². The Labute approximate surface area is 345 Å². The van der Waals surface area contributed by atoms with Crippen LogP contribution in [0.25, 0.3) is 87.7 Å². The van der Waals surface area contributed by atoms with E-state index in [-0.39, 0.29) is 39.7 Å². The molecule has 0 aliphatic carbocycles. The van der Waals surface area contributed by atoms with E-state index in [1.807, 2.05) is 54.6 Å². The molecular formula is C50H38F3N7. The van der Waals surface area contributed by atoms with Crippen molar-refractivity contribution in [1.82, 2.24) is 24.1 Å². The van der Waals surface area contributed by atoms with E-state index in [1.165, 1.54) is 6.07 Å². The molecule has 0 radical (unpaired) electrons. The number of aromatic nitrogens is 5. The second-order valence-electron chi connectivity index (χ2n) is 17.1. The van der Waals surface area contributed by atoms with Gasteiger partial charge in [0.15, 0.2) is 23.0 Å². The molecule has 3 aromatic heterocycles. The molecule has 9 aromatic rings. The van der Waals surface area contributed by atoms with Crippen molar-refractivity contribution in [2.24, 2.45) is 0 Å². The van der Waals surface area contributed by atoms with Gasteiger partial charge in [-0.2, -0.15) is 23.1 Å². The lowest BCUT2D eigenvalue weighted by atomic mass is 9.85.